The summed E-state index contributed by atoms with van der Waals surface area (Å²) in [4.78, 5) is 13.6. The van der Waals surface area contributed by atoms with Gasteiger partial charge in [-0.15, -0.1) is 0 Å². The summed E-state index contributed by atoms with van der Waals surface area (Å²) in [5, 5.41) is 38.3. The molecule has 8 heteroatoms. The van der Waals surface area contributed by atoms with E-state index in [9.17, 15) is 21.0 Å². The number of aromatic nitrogens is 4. The molecule has 0 aliphatic carbocycles. The third-order valence-electron chi connectivity index (χ3n) is 9.06. The van der Waals surface area contributed by atoms with E-state index in [1.165, 1.54) is 0 Å². The van der Waals surface area contributed by atoms with E-state index < -0.39 is 0 Å². The Morgan fingerprint density at radius 3 is 1.80 bits per heavy atom. The number of H-pyrrole nitrogens is 1. The van der Waals surface area contributed by atoms with Crippen molar-refractivity contribution in [1.82, 2.24) is 19.5 Å². The molecule has 0 spiro atoms. The van der Waals surface area contributed by atoms with Crippen LogP contribution in [0.3, 0.4) is 0 Å². The number of nitrogens with one attached hydrogen (secondary N) is 1. The van der Waals surface area contributed by atoms with Gasteiger partial charge in [0.2, 0.25) is 0 Å². The minimum absolute atomic E-state index is 0.410. The molecule has 4 aromatic rings. The number of aromatic amines is 1. The van der Waals surface area contributed by atoms with Gasteiger partial charge in [0.25, 0.3) is 0 Å². The van der Waals surface area contributed by atoms with E-state index in [1.807, 2.05) is 54.6 Å². The fraction of sp³-hybridized carbons (Fsp3) is 0.286. The average molecular weight is 655 g/mol. The summed E-state index contributed by atoms with van der Waals surface area (Å²) in [5.74, 6) is 0. The lowest BCUT2D eigenvalue weighted by Gasteiger charge is -2.12. The van der Waals surface area contributed by atoms with Gasteiger partial charge in [-0.1, -0.05) is 30.3 Å². The molecule has 0 amide bonds. The first-order valence-corrected chi connectivity index (χ1v) is 17.3. The Hall–Kier alpha value is -6.22. The summed E-state index contributed by atoms with van der Waals surface area (Å²) >= 11 is 0. The predicted molar refractivity (Wildman–Crippen MR) is 198 cm³/mol. The van der Waals surface area contributed by atoms with Gasteiger partial charge in [0.05, 0.1) is 58.1 Å². The minimum atomic E-state index is 0.410. The highest BCUT2D eigenvalue weighted by Gasteiger charge is 2.22. The normalized spacial score (nSPS) is 11.5. The Morgan fingerprint density at radius 1 is 0.600 bits per heavy atom. The highest BCUT2D eigenvalue weighted by atomic mass is 15.0. The topological polar surface area (TPSA) is 142 Å². The number of hydrogen-bond acceptors (Lipinski definition) is 6. The van der Waals surface area contributed by atoms with E-state index in [1.54, 1.807) is 0 Å². The standard InChI is InChI=1S/C42H38N8/c43-21-7-4-14-31-26-36-28-34-18-17-32(47-34)27-33-19-20-35(48-33)29-39-40(30-12-2-1-3-13-30)37(15-5-8-22-44)42(50(39)25-11-10-24-46)38(41(31)49-36)16-6-9-23-45/h1-3,12-13,17-20,26-29,49H,4-11,14-16,25H2. The third kappa shape index (κ3) is 7.57. The Morgan fingerprint density at radius 2 is 1.16 bits per heavy atom. The first-order valence-electron chi connectivity index (χ1n) is 17.3. The molecule has 2 aliphatic rings. The van der Waals surface area contributed by atoms with Gasteiger partial charge in [0.15, 0.2) is 0 Å². The Kier molecular flexibility index (Phi) is 10.9. The van der Waals surface area contributed by atoms with Crippen LogP contribution in [0, 0.1) is 45.3 Å². The molecule has 8 nitrogen and oxygen atoms in total. The van der Waals surface area contributed by atoms with Crippen molar-refractivity contribution in [1.29, 1.82) is 21.0 Å². The van der Waals surface area contributed by atoms with E-state index in [4.69, 9.17) is 9.97 Å². The number of rotatable bonds is 13. The van der Waals surface area contributed by atoms with Crippen LogP contribution in [-0.4, -0.2) is 19.5 Å². The lowest BCUT2D eigenvalue weighted by molar-refractivity contribution is 0.686. The van der Waals surface area contributed by atoms with Gasteiger partial charge in [-0.2, -0.15) is 21.0 Å². The van der Waals surface area contributed by atoms with Gasteiger partial charge >= 0.3 is 0 Å². The van der Waals surface area contributed by atoms with Crippen LogP contribution in [0.2, 0.25) is 0 Å². The molecule has 0 atom stereocenters. The molecule has 1 aromatic carbocycles. The van der Waals surface area contributed by atoms with Crippen LogP contribution in [0.5, 0.6) is 0 Å². The van der Waals surface area contributed by atoms with Crippen molar-refractivity contribution in [3.63, 3.8) is 0 Å². The van der Waals surface area contributed by atoms with Crippen LogP contribution in [0.1, 0.15) is 90.8 Å². The zero-order valence-electron chi connectivity index (χ0n) is 28.1. The molecule has 3 aromatic heterocycles. The number of unbranched alkanes of at least 4 members (excludes halogenated alkanes) is 4. The molecule has 246 valence electrons. The summed E-state index contributed by atoms with van der Waals surface area (Å²) in [6.45, 7) is 0.607. The van der Waals surface area contributed by atoms with Gasteiger partial charge in [0.1, 0.15) is 0 Å². The fourth-order valence-corrected chi connectivity index (χ4v) is 6.94. The molecule has 0 fully saturated rings. The number of benzene rings is 1. The van der Waals surface area contributed by atoms with Gasteiger partial charge in [-0.05, 0) is 116 Å². The van der Waals surface area contributed by atoms with Crippen molar-refractivity contribution in [3.05, 3.63) is 94.1 Å². The molecule has 50 heavy (non-hydrogen) atoms. The Bertz CT molecular complexity index is 2270. The summed E-state index contributed by atoms with van der Waals surface area (Å²) < 4.78 is 2.36. The van der Waals surface area contributed by atoms with Gasteiger partial charge < -0.3 is 9.55 Å². The Labute approximate surface area is 292 Å². The van der Waals surface area contributed by atoms with Crippen LogP contribution in [0.25, 0.3) is 57.5 Å². The predicted octanol–water partition coefficient (Wildman–Crippen LogP) is 9.64. The second-order valence-electron chi connectivity index (χ2n) is 12.5. The highest BCUT2D eigenvalue weighted by Crippen LogP contribution is 2.39. The maximum absolute atomic E-state index is 9.64. The SMILES string of the molecule is N#CCCCc1cc2cc3nc(cc4nc(cc5c(-c6ccccc6)c(CCCC#N)c(c(CCCC#N)c1[nH]2)n5CCCC#N)C=C4)C=C3. The number of fused-ring (bicyclic) bond motifs is 8. The number of aryl methyl sites for hydroxylation is 4. The summed E-state index contributed by atoms with van der Waals surface area (Å²) in [7, 11) is 0. The van der Waals surface area contributed by atoms with E-state index in [2.05, 4.69) is 58.1 Å². The largest absolute Gasteiger partial charge is 0.355 e. The second kappa shape index (κ2) is 16.3. The first kappa shape index (κ1) is 33.7. The van der Waals surface area contributed by atoms with Crippen LogP contribution in [0.15, 0.2) is 54.6 Å². The molecular weight excluding hydrogens is 617 g/mol. The smallest absolute Gasteiger partial charge is 0.0659 e. The van der Waals surface area contributed by atoms with Crippen molar-refractivity contribution in [2.45, 2.75) is 77.2 Å². The van der Waals surface area contributed by atoms with Crippen LogP contribution >= 0.6 is 0 Å². The zero-order chi connectivity index (χ0) is 34.7. The molecule has 0 radical (unpaired) electrons. The number of nitrogens with zero attached hydrogens (tertiary/aromatic N) is 7. The molecule has 2 aliphatic heterocycles. The zero-order valence-corrected chi connectivity index (χ0v) is 28.1. The fourth-order valence-electron chi connectivity index (χ4n) is 6.94. The molecule has 1 N–H and O–H groups in total. The molecule has 0 saturated heterocycles. The molecular formula is C42H38N8. The third-order valence-corrected chi connectivity index (χ3v) is 9.06. The minimum Gasteiger partial charge on any atom is -0.355 e. The summed E-state index contributed by atoms with van der Waals surface area (Å²) in [5.41, 5.74) is 12.8. The maximum atomic E-state index is 9.64. The maximum Gasteiger partial charge on any atom is 0.0659 e. The molecule has 0 saturated carbocycles. The van der Waals surface area contributed by atoms with Crippen molar-refractivity contribution in [3.8, 4) is 35.4 Å². The lowest BCUT2D eigenvalue weighted by atomic mass is 9.95. The van der Waals surface area contributed by atoms with Crippen molar-refractivity contribution >= 4 is 46.4 Å². The van der Waals surface area contributed by atoms with Crippen LogP contribution in [-0.2, 0) is 25.8 Å². The van der Waals surface area contributed by atoms with Crippen molar-refractivity contribution < 1.29 is 0 Å². The summed E-state index contributed by atoms with van der Waals surface area (Å²) in [6, 6.07) is 28.0. The highest BCUT2D eigenvalue weighted by molar-refractivity contribution is 5.95. The van der Waals surface area contributed by atoms with Gasteiger partial charge in [-0.3, -0.25) is 0 Å². The van der Waals surface area contributed by atoms with E-state index in [0.29, 0.717) is 70.8 Å². The average Bonchev–Trinajstić information content (AvgIpc) is 3.91. The summed E-state index contributed by atoms with van der Waals surface area (Å²) in [6.07, 6.45) is 14.5. The van der Waals surface area contributed by atoms with Crippen LogP contribution < -0.4 is 0 Å². The molecule has 0 unspecified atom stereocenters. The van der Waals surface area contributed by atoms with Crippen molar-refractivity contribution in [2.75, 3.05) is 0 Å². The number of nitriles is 4. The monoisotopic (exact) mass is 654 g/mol. The van der Waals surface area contributed by atoms with Crippen molar-refractivity contribution in [2.24, 2.45) is 0 Å². The molecule has 6 rings (SSSR count). The first-order chi connectivity index (χ1) is 24.6. The Balaban J connectivity index is 1.85. The van der Waals surface area contributed by atoms with Crippen LogP contribution in [0.4, 0.5) is 0 Å². The van der Waals surface area contributed by atoms with Gasteiger partial charge in [-0.25, -0.2) is 9.97 Å². The van der Waals surface area contributed by atoms with E-state index >= 15 is 0 Å². The number of hydrogen-bond donors (Lipinski definition) is 1. The van der Waals surface area contributed by atoms with Gasteiger partial charge in [0, 0.05) is 48.8 Å². The second-order valence-corrected chi connectivity index (χ2v) is 12.5. The molecule has 5 heterocycles. The van der Waals surface area contributed by atoms with E-state index in [0.717, 1.165) is 79.1 Å². The van der Waals surface area contributed by atoms with E-state index in [-0.39, 0.29) is 0 Å². The quantitative estimate of drug-likeness (QED) is 0.123. The lowest BCUT2D eigenvalue weighted by Crippen LogP contribution is -2.02. The molecule has 8 bridgehead atoms.